The number of piperazine rings is 1. The quantitative estimate of drug-likeness (QED) is 0.696. The molecule has 1 saturated heterocycles. The summed E-state index contributed by atoms with van der Waals surface area (Å²) in [6, 6.07) is 18.4. The molecule has 0 radical (unpaired) electrons. The Kier molecular flexibility index (Phi) is 8.13. The third kappa shape index (κ3) is 6.95. The summed E-state index contributed by atoms with van der Waals surface area (Å²) in [7, 11) is 0. The van der Waals surface area contributed by atoms with E-state index < -0.39 is 0 Å². The van der Waals surface area contributed by atoms with Gasteiger partial charge in [0, 0.05) is 32.7 Å². The lowest BCUT2D eigenvalue weighted by atomic mass is 10.2. The lowest BCUT2D eigenvalue weighted by Crippen LogP contribution is -2.52. The van der Waals surface area contributed by atoms with Crippen LogP contribution in [0.3, 0.4) is 0 Å². The van der Waals surface area contributed by atoms with Crippen LogP contribution in [0.4, 0.5) is 4.79 Å². The van der Waals surface area contributed by atoms with Gasteiger partial charge < -0.3 is 15.0 Å². The molecular formula is C24H31N3O2. The Morgan fingerprint density at radius 3 is 2.62 bits per heavy atom. The van der Waals surface area contributed by atoms with Crippen molar-refractivity contribution in [3.8, 4) is 5.75 Å². The smallest absolute Gasteiger partial charge is 0.317 e. The Bertz CT molecular complexity index is 784. The number of urea groups is 1. The fourth-order valence-corrected chi connectivity index (χ4v) is 3.33. The number of hydrogen-bond donors (Lipinski definition) is 1. The van der Waals surface area contributed by atoms with Crippen molar-refractivity contribution in [3.05, 3.63) is 71.8 Å². The summed E-state index contributed by atoms with van der Waals surface area (Å²) in [4.78, 5) is 16.6. The van der Waals surface area contributed by atoms with Crippen LogP contribution >= 0.6 is 0 Å². The highest BCUT2D eigenvalue weighted by molar-refractivity contribution is 5.74. The van der Waals surface area contributed by atoms with Gasteiger partial charge in [0.1, 0.15) is 12.4 Å². The van der Waals surface area contributed by atoms with Gasteiger partial charge in [-0.1, -0.05) is 61.5 Å². The van der Waals surface area contributed by atoms with Crippen molar-refractivity contribution in [1.29, 1.82) is 0 Å². The second kappa shape index (κ2) is 11.3. The molecule has 29 heavy (non-hydrogen) atoms. The van der Waals surface area contributed by atoms with E-state index in [1.807, 2.05) is 41.3 Å². The first-order valence-electron chi connectivity index (χ1n) is 10.4. The molecule has 0 atom stereocenters. The average Bonchev–Trinajstić information content (AvgIpc) is 2.78. The van der Waals surface area contributed by atoms with E-state index in [1.54, 1.807) is 0 Å². The van der Waals surface area contributed by atoms with Gasteiger partial charge in [-0.05, 0) is 29.7 Å². The number of aryl methyl sites for hydroxylation is 1. The SMILES string of the molecule is CCc1cccc(OCCNC(=O)N2CCN(C/C=C/c3ccccc3)CC2)c1. The van der Waals surface area contributed by atoms with Crippen LogP contribution in [-0.4, -0.2) is 61.7 Å². The Balaban J connectivity index is 1.31. The minimum Gasteiger partial charge on any atom is -0.492 e. The predicted octanol–water partition coefficient (Wildman–Crippen LogP) is 3.67. The second-order valence-electron chi connectivity index (χ2n) is 7.18. The molecule has 1 heterocycles. The number of carbonyl (C=O) groups is 1. The summed E-state index contributed by atoms with van der Waals surface area (Å²) in [6.45, 7) is 7.32. The molecule has 0 spiro atoms. The first kappa shape index (κ1) is 20.9. The van der Waals surface area contributed by atoms with Crippen molar-refractivity contribution in [2.24, 2.45) is 0 Å². The Morgan fingerprint density at radius 2 is 1.86 bits per heavy atom. The van der Waals surface area contributed by atoms with E-state index in [1.165, 1.54) is 11.1 Å². The van der Waals surface area contributed by atoms with E-state index in [-0.39, 0.29) is 6.03 Å². The maximum atomic E-state index is 12.3. The fourth-order valence-electron chi connectivity index (χ4n) is 3.33. The number of benzene rings is 2. The van der Waals surface area contributed by atoms with Crippen LogP contribution in [0.1, 0.15) is 18.1 Å². The molecular weight excluding hydrogens is 362 g/mol. The zero-order chi connectivity index (χ0) is 20.3. The summed E-state index contributed by atoms with van der Waals surface area (Å²) in [6.07, 6.45) is 5.33. The molecule has 0 aliphatic carbocycles. The van der Waals surface area contributed by atoms with Gasteiger partial charge in [-0.25, -0.2) is 4.79 Å². The van der Waals surface area contributed by atoms with Crippen molar-refractivity contribution in [2.45, 2.75) is 13.3 Å². The molecule has 1 fully saturated rings. The van der Waals surface area contributed by atoms with Gasteiger partial charge in [-0.15, -0.1) is 0 Å². The molecule has 0 bridgehead atoms. The van der Waals surface area contributed by atoms with E-state index >= 15 is 0 Å². The van der Waals surface area contributed by atoms with Crippen LogP contribution in [0.25, 0.3) is 6.08 Å². The van der Waals surface area contributed by atoms with Gasteiger partial charge in [0.25, 0.3) is 0 Å². The summed E-state index contributed by atoms with van der Waals surface area (Å²) < 4.78 is 5.73. The largest absolute Gasteiger partial charge is 0.492 e. The van der Waals surface area contributed by atoms with Crippen LogP contribution in [0.15, 0.2) is 60.7 Å². The standard InChI is InChI=1S/C24H31N3O2/c1-2-21-10-6-12-23(20-21)29-19-13-25-24(28)27-17-15-26(16-18-27)14-7-11-22-8-4-3-5-9-22/h3-12,20H,2,13-19H2,1H3,(H,25,28)/b11-7+. The first-order valence-corrected chi connectivity index (χ1v) is 10.4. The summed E-state index contributed by atoms with van der Waals surface area (Å²) in [5, 5.41) is 2.96. The Morgan fingerprint density at radius 1 is 1.07 bits per heavy atom. The minimum absolute atomic E-state index is 0.00427. The van der Waals surface area contributed by atoms with Crippen LogP contribution in [0.2, 0.25) is 0 Å². The molecule has 154 valence electrons. The van der Waals surface area contributed by atoms with Crippen molar-refractivity contribution in [1.82, 2.24) is 15.1 Å². The molecule has 5 nitrogen and oxygen atoms in total. The van der Waals surface area contributed by atoms with Crippen LogP contribution < -0.4 is 10.1 Å². The van der Waals surface area contributed by atoms with Gasteiger partial charge in [0.15, 0.2) is 0 Å². The van der Waals surface area contributed by atoms with E-state index in [0.717, 1.165) is 44.9 Å². The monoisotopic (exact) mass is 393 g/mol. The number of amides is 2. The topological polar surface area (TPSA) is 44.8 Å². The second-order valence-corrected chi connectivity index (χ2v) is 7.18. The number of hydrogen-bond acceptors (Lipinski definition) is 3. The maximum Gasteiger partial charge on any atom is 0.317 e. The van der Waals surface area contributed by atoms with Crippen molar-refractivity contribution >= 4 is 12.1 Å². The fraction of sp³-hybridized carbons (Fsp3) is 0.375. The van der Waals surface area contributed by atoms with Crippen LogP contribution in [-0.2, 0) is 6.42 Å². The molecule has 5 heteroatoms. The average molecular weight is 394 g/mol. The van der Waals surface area contributed by atoms with Crippen molar-refractivity contribution in [2.75, 3.05) is 45.9 Å². The molecule has 2 aromatic carbocycles. The van der Waals surface area contributed by atoms with Gasteiger partial charge in [-0.3, -0.25) is 4.90 Å². The van der Waals surface area contributed by atoms with Gasteiger partial charge in [0.2, 0.25) is 0 Å². The minimum atomic E-state index is -0.00427. The molecule has 3 rings (SSSR count). The highest BCUT2D eigenvalue weighted by Crippen LogP contribution is 2.13. The molecule has 0 saturated carbocycles. The van der Waals surface area contributed by atoms with E-state index in [2.05, 4.69) is 47.5 Å². The molecule has 1 aliphatic rings. The number of nitrogens with zero attached hydrogens (tertiary/aromatic N) is 2. The molecule has 1 N–H and O–H groups in total. The Labute approximate surface area is 174 Å². The molecule has 2 amide bonds. The van der Waals surface area contributed by atoms with E-state index in [0.29, 0.717) is 13.2 Å². The lowest BCUT2D eigenvalue weighted by molar-refractivity contribution is 0.145. The molecule has 0 aromatic heterocycles. The van der Waals surface area contributed by atoms with Gasteiger partial charge in [0.05, 0.1) is 6.54 Å². The number of rotatable bonds is 8. The normalized spacial score (nSPS) is 14.9. The van der Waals surface area contributed by atoms with E-state index in [4.69, 9.17) is 4.74 Å². The van der Waals surface area contributed by atoms with E-state index in [9.17, 15) is 4.79 Å². The van der Waals surface area contributed by atoms with Gasteiger partial charge in [-0.2, -0.15) is 0 Å². The maximum absolute atomic E-state index is 12.3. The van der Waals surface area contributed by atoms with Crippen molar-refractivity contribution in [3.63, 3.8) is 0 Å². The van der Waals surface area contributed by atoms with Crippen LogP contribution in [0.5, 0.6) is 5.75 Å². The highest BCUT2D eigenvalue weighted by Gasteiger charge is 2.19. The third-order valence-corrected chi connectivity index (χ3v) is 5.09. The summed E-state index contributed by atoms with van der Waals surface area (Å²) >= 11 is 0. The molecule has 1 aliphatic heterocycles. The molecule has 2 aromatic rings. The summed E-state index contributed by atoms with van der Waals surface area (Å²) in [5.41, 5.74) is 2.47. The van der Waals surface area contributed by atoms with Gasteiger partial charge >= 0.3 is 6.03 Å². The molecule has 0 unspecified atom stereocenters. The Hall–Kier alpha value is -2.79. The zero-order valence-corrected chi connectivity index (χ0v) is 17.2. The summed E-state index contributed by atoms with van der Waals surface area (Å²) in [5.74, 6) is 0.857. The number of ether oxygens (including phenoxy) is 1. The number of carbonyl (C=O) groups excluding carboxylic acids is 1. The highest BCUT2D eigenvalue weighted by atomic mass is 16.5. The third-order valence-electron chi connectivity index (χ3n) is 5.09. The van der Waals surface area contributed by atoms with Crippen LogP contribution in [0, 0.1) is 0 Å². The van der Waals surface area contributed by atoms with Crippen molar-refractivity contribution < 1.29 is 9.53 Å². The predicted molar refractivity (Wildman–Crippen MR) is 118 cm³/mol. The lowest BCUT2D eigenvalue weighted by Gasteiger charge is -2.34. The number of nitrogens with one attached hydrogen (secondary N) is 1. The zero-order valence-electron chi connectivity index (χ0n) is 17.2. The first-order chi connectivity index (χ1) is 14.2.